The highest BCUT2D eigenvalue weighted by molar-refractivity contribution is 6.30. The van der Waals surface area contributed by atoms with Gasteiger partial charge in [-0.1, -0.05) is 35.9 Å². The van der Waals surface area contributed by atoms with Crippen LogP contribution in [-0.4, -0.2) is 5.11 Å². The Morgan fingerprint density at radius 2 is 2.25 bits per heavy atom. The van der Waals surface area contributed by atoms with Crippen LogP contribution in [0.2, 0.25) is 5.02 Å². The Balaban J connectivity index is 2.87. The fraction of sp³-hybridized carbons (Fsp3) is 0.200. The third-order valence-electron chi connectivity index (χ3n) is 1.56. The Bertz CT molecular complexity index is 281. The second kappa shape index (κ2) is 4.29. The van der Waals surface area contributed by atoms with Gasteiger partial charge in [-0.05, 0) is 24.6 Å². The van der Waals surface area contributed by atoms with Crippen LogP contribution in [0.25, 0.3) is 0 Å². The van der Waals surface area contributed by atoms with Crippen LogP contribution in [0.4, 0.5) is 0 Å². The van der Waals surface area contributed by atoms with Crippen molar-refractivity contribution < 1.29 is 5.11 Å². The van der Waals surface area contributed by atoms with Gasteiger partial charge in [0.05, 0.1) is 6.10 Å². The lowest BCUT2D eigenvalue weighted by atomic mass is 10.1. The molecule has 0 aromatic heterocycles. The Kier molecular flexibility index (Phi) is 3.32. The third-order valence-corrected chi connectivity index (χ3v) is 1.80. The van der Waals surface area contributed by atoms with Gasteiger partial charge < -0.3 is 5.11 Å². The van der Waals surface area contributed by atoms with E-state index >= 15 is 0 Å². The average Bonchev–Trinajstić information content (AvgIpc) is 2.05. The summed E-state index contributed by atoms with van der Waals surface area (Å²) in [6.45, 7) is 1.87. The molecule has 0 radical (unpaired) electrons. The van der Waals surface area contributed by atoms with Crippen molar-refractivity contribution in [2.45, 2.75) is 13.0 Å². The van der Waals surface area contributed by atoms with Crippen LogP contribution in [0, 0.1) is 0 Å². The number of aliphatic hydroxyl groups is 1. The number of allylic oxidation sites excluding steroid dienone is 1. The van der Waals surface area contributed by atoms with Crippen LogP contribution >= 0.6 is 11.6 Å². The topological polar surface area (TPSA) is 20.2 Å². The molecule has 0 aliphatic heterocycles. The largest absolute Gasteiger partial charge is 0.384 e. The molecule has 64 valence electrons. The van der Waals surface area contributed by atoms with Gasteiger partial charge in [0.25, 0.3) is 0 Å². The van der Waals surface area contributed by atoms with E-state index in [-0.39, 0.29) is 0 Å². The molecule has 0 fully saturated rings. The SMILES string of the molecule is C/C=C\C(O)c1cccc(Cl)c1. The summed E-state index contributed by atoms with van der Waals surface area (Å²) in [7, 11) is 0. The fourth-order valence-electron chi connectivity index (χ4n) is 0.984. The van der Waals surface area contributed by atoms with Gasteiger partial charge in [0.1, 0.15) is 0 Å². The van der Waals surface area contributed by atoms with E-state index in [2.05, 4.69) is 0 Å². The molecule has 2 heteroatoms. The van der Waals surface area contributed by atoms with E-state index in [1.165, 1.54) is 0 Å². The number of hydrogen-bond donors (Lipinski definition) is 1. The third kappa shape index (κ3) is 2.36. The molecule has 1 atom stereocenters. The molecule has 1 aromatic carbocycles. The highest BCUT2D eigenvalue weighted by Crippen LogP contribution is 2.18. The maximum absolute atomic E-state index is 9.50. The van der Waals surface area contributed by atoms with Crippen molar-refractivity contribution in [1.29, 1.82) is 0 Å². The lowest BCUT2D eigenvalue weighted by molar-refractivity contribution is 0.228. The molecule has 0 aliphatic rings. The zero-order valence-electron chi connectivity index (χ0n) is 6.87. The maximum atomic E-state index is 9.50. The van der Waals surface area contributed by atoms with E-state index in [0.717, 1.165) is 5.56 Å². The molecule has 1 nitrogen and oxygen atoms in total. The monoisotopic (exact) mass is 182 g/mol. The molecule has 1 aromatic rings. The lowest BCUT2D eigenvalue weighted by Gasteiger charge is -2.04. The van der Waals surface area contributed by atoms with Gasteiger partial charge in [-0.25, -0.2) is 0 Å². The minimum atomic E-state index is -0.548. The minimum Gasteiger partial charge on any atom is -0.384 e. The number of rotatable bonds is 2. The van der Waals surface area contributed by atoms with E-state index in [1.807, 2.05) is 25.1 Å². The minimum absolute atomic E-state index is 0.548. The van der Waals surface area contributed by atoms with E-state index in [1.54, 1.807) is 18.2 Å². The van der Waals surface area contributed by atoms with Crippen molar-refractivity contribution in [3.63, 3.8) is 0 Å². The first-order valence-corrected chi connectivity index (χ1v) is 4.18. The Morgan fingerprint density at radius 1 is 1.50 bits per heavy atom. The second-order valence-corrected chi connectivity index (χ2v) is 2.96. The maximum Gasteiger partial charge on any atom is 0.0972 e. The van der Waals surface area contributed by atoms with Crippen LogP contribution in [0.3, 0.4) is 0 Å². The number of aliphatic hydroxyl groups excluding tert-OH is 1. The Hall–Kier alpha value is -0.790. The van der Waals surface area contributed by atoms with Gasteiger partial charge in [0.15, 0.2) is 0 Å². The van der Waals surface area contributed by atoms with Crippen molar-refractivity contribution in [2.24, 2.45) is 0 Å². The second-order valence-electron chi connectivity index (χ2n) is 2.53. The van der Waals surface area contributed by atoms with Gasteiger partial charge in [-0.3, -0.25) is 0 Å². The molecule has 0 aliphatic carbocycles. The van der Waals surface area contributed by atoms with Gasteiger partial charge in [0, 0.05) is 5.02 Å². The zero-order valence-corrected chi connectivity index (χ0v) is 7.62. The molecule has 0 saturated carbocycles. The standard InChI is InChI=1S/C10H11ClO/c1-2-4-10(12)8-5-3-6-9(11)7-8/h2-7,10,12H,1H3/b4-2-. The van der Waals surface area contributed by atoms with Gasteiger partial charge in [-0.15, -0.1) is 0 Å². The first kappa shape index (κ1) is 9.30. The van der Waals surface area contributed by atoms with Crippen molar-refractivity contribution in [1.82, 2.24) is 0 Å². The van der Waals surface area contributed by atoms with Crippen LogP contribution in [0.5, 0.6) is 0 Å². The summed E-state index contributed by atoms with van der Waals surface area (Å²) in [4.78, 5) is 0. The summed E-state index contributed by atoms with van der Waals surface area (Å²) in [6.07, 6.45) is 2.98. The zero-order chi connectivity index (χ0) is 8.97. The molecule has 12 heavy (non-hydrogen) atoms. The summed E-state index contributed by atoms with van der Waals surface area (Å²) in [5.74, 6) is 0. The summed E-state index contributed by atoms with van der Waals surface area (Å²) in [5.41, 5.74) is 0.820. The molecule has 1 N–H and O–H groups in total. The van der Waals surface area contributed by atoms with Crippen LogP contribution in [0.1, 0.15) is 18.6 Å². The van der Waals surface area contributed by atoms with Gasteiger partial charge in [0.2, 0.25) is 0 Å². The van der Waals surface area contributed by atoms with E-state index in [0.29, 0.717) is 5.02 Å². The van der Waals surface area contributed by atoms with E-state index in [9.17, 15) is 5.11 Å². The quantitative estimate of drug-likeness (QED) is 0.698. The summed E-state index contributed by atoms with van der Waals surface area (Å²) < 4.78 is 0. The summed E-state index contributed by atoms with van der Waals surface area (Å²) in [5, 5.41) is 10.1. The predicted octanol–water partition coefficient (Wildman–Crippen LogP) is 2.95. The van der Waals surface area contributed by atoms with Crippen LogP contribution in [0.15, 0.2) is 36.4 Å². The molecular weight excluding hydrogens is 172 g/mol. The van der Waals surface area contributed by atoms with Gasteiger partial charge in [-0.2, -0.15) is 0 Å². The summed E-state index contributed by atoms with van der Waals surface area (Å²) >= 11 is 5.75. The van der Waals surface area contributed by atoms with Crippen LogP contribution < -0.4 is 0 Å². The molecule has 0 spiro atoms. The van der Waals surface area contributed by atoms with E-state index in [4.69, 9.17) is 11.6 Å². The highest BCUT2D eigenvalue weighted by Gasteiger charge is 2.01. The Morgan fingerprint density at radius 3 is 2.83 bits per heavy atom. The van der Waals surface area contributed by atoms with Crippen molar-refractivity contribution >= 4 is 11.6 Å². The van der Waals surface area contributed by atoms with Gasteiger partial charge >= 0.3 is 0 Å². The van der Waals surface area contributed by atoms with Crippen molar-refractivity contribution in [2.75, 3.05) is 0 Å². The van der Waals surface area contributed by atoms with Crippen molar-refractivity contribution in [3.8, 4) is 0 Å². The number of hydrogen-bond acceptors (Lipinski definition) is 1. The average molecular weight is 183 g/mol. The lowest BCUT2D eigenvalue weighted by Crippen LogP contribution is -1.91. The smallest absolute Gasteiger partial charge is 0.0972 e. The first-order valence-electron chi connectivity index (χ1n) is 3.80. The molecule has 0 amide bonds. The first-order chi connectivity index (χ1) is 5.74. The molecule has 0 bridgehead atoms. The molecule has 0 heterocycles. The molecule has 1 unspecified atom stereocenters. The molecular formula is C10H11ClO. The normalized spacial score (nSPS) is 13.6. The highest BCUT2D eigenvalue weighted by atomic mass is 35.5. The number of benzene rings is 1. The van der Waals surface area contributed by atoms with Crippen molar-refractivity contribution in [3.05, 3.63) is 47.0 Å². The van der Waals surface area contributed by atoms with Crippen LogP contribution in [-0.2, 0) is 0 Å². The fourth-order valence-corrected chi connectivity index (χ4v) is 1.18. The Labute approximate surface area is 77.3 Å². The molecule has 1 rings (SSSR count). The summed E-state index contributed by atoms with van der Waals surface area (Å²) in [6, 6.07) is 7.21. The number of halogens is 1. The van der Waals surface area contributed by atoms with E-state index < -0.39 is 6.10 Å². The predicted molar refractivity (Wildman–Crippen MR) is 51.2 cm³/mol. The molecule has 0 saturated heterocycles.